The van der Waals surface area contributed by atoms with Crippen molar-refractivity contribution in [3.8, 4) is 0 Å². The molecule has 1 aliphatic heterocycles. The highest BCUT2D eigenvalue weighted by molar-refractivity contribution is 14.0. The van der Waals surface area contributed by atoms with Crippen molar-refractivity contribution >= 4 is 35.6 Å². The number of pyridine rings is 1. The van der Waals surface area contributed by atoms with Crippen LogP contribution in [0.3, 0.4) is 0 Å². The van der Waals surface area contributed by atoms with E-state index in [0.717, 1.165) is 69.4 Å². The van der Waals surface area contributed by atoms with Crippen LogP contribution in [0.5, 0.6) is 0 Å². The first kappa shape index (κ1) is 19.9. The van der Waals surface area contributed by atoms with E-state index < -0.39 is 0 Å². The van der Waals surface area contributed by atoms with Crippen molar-refractivity contribution in [2.45, 2.75) is 38.7 Å². The van der Waals surface area contributed by atoms with Crippen LogP contribution in [0.15, 0.2) is 29.4 Å². The lowest BCUT2D eigenvalue weighted by Crippen LogP contribution is -2.38. The Kier molecular flexibility index (Phi) is 8.39. The fourth-order valence-electron chi connectivity index (χ4n) is 2.84. The molecule has 0 amide bonds. The van der Waals surface area contributed by atoms with Gasteiger partial charge in [0.2, 0.25) is 0 Å². The van der Waals surface area contributed by atoms with Gasteiger partial charge >= 0.3 is 0 Å². The number of aromatic nitrogens is 3. The Bertz CT molecular complexity index is 668. The molecular weight excluding hydrogens is 431 g/mol. The first-order valence-electron chi connectivity index (χ1n) is 8.79. The molecule has 25 heavy (non-hydrogen) atoms. The normalized spacial score (nSPS) is 17.5. The average molecular weight is 458 g/mol. The third-order valence-corrected chi connectivity index (χ3v) is 4.08. The van der Waals surface area contributed by atoms with Gasteiger partial charge in [-0.3, -0.25) is 9.39 Å². The van der Waals surface area contributed by atoms with E-state index >= 15 is 0 Å². The van der Waals surface area contributed by atoms with Crippen LogP contribution in [0.4, 0.5) is 0 Å². The van der Waals surface area contributed by atoms with Crippen LogP contribution in [0.1, 0.15) is 32.0 Å². The number of halogens is 1. The largest absolute Gasteiger partial charge is 0.376 e. The average Bonchev–Trinajstić information content (AvgIpc) is 3.26. The number of rotatable bonds is 7. The quantitative estimate of drug-likeness (QED) is 0.288. The third kappa shape index (κ3) is 5.81. The molecule has 7 nitrogen and oxygen atoms in total. The predicted molar refractivity (Wildman–Crippen MR) is 110 cm³/mol. The second-order valence-electron chi connectivity index (χ2n) is 5.93. The first-order valence-corrected chi connectivity index (χ1v) is 8.79. The first-order chi connectivity index (χ1) is 11.9. The summed E-state index contributed by atoms with van der Waals surface area (Å²) < 4.78 is 7.65. The summed E-state index contributed by atoms with van der Waals surface area (Å²) in [4.78, 5) is 4.62. The Hall–Kier alpha value is -1.42. The Morgan fingerprint density at radius 2 is 2.28 bits per heavy atom. The molecule has 0 aliphatic carbocycles. The zero-order chi connectivity index (χ0) is 16.6. The molecule has 3 heterocycles. The van der Waals surface area contributed by atoms with Crippen molar-refractivity contribution < 1.29 is 4.74 Å². The maximum absolute atomic E-state index is 5.62. The molecule has 8 heteroatoms. The number of nitrogens with one attached hydrogen (secondary N) is 2. The maximum atomic E-state index is 5.62. The molecule has 2 aromatic heterocycles. The molecule has 1 aliphatic rings. The van der Waals surface area contributed by atoms with Crippen molar-refractivity contribution in [3.05, 3.63) is 30.2 Å². The number of fused-ring (bicyclic) bond motifs is 1. The van der Waals surface area contributed by atoms with Crippen molar-refractivity contribution in [2.75, 3.05) is 26.2 Å². The summed E-state index contributed by atoms with van der Waals surface area (Å²) in [6.45, 7) is 5.37. The van der Waals surface area contributed by atoms with Crippen molar-refractivity contribution in [2.24, 2.45) is 4.99 Å². The number of guanidine groups is 1. The van der Waals surface area contributed by atoms with Crippen molar-refractivity contribution in [3.63, 3.8) is 0 Å². The topological polar surface area (TPSA) is 75.8 Å². The summed E-state index contributed by atoms with van der Waals surface area (Å²) in [6.07, 6.45) is 6.40. The van der Waals surface area contributed by atoms with Gasteiger partial charge in [0, 0.05) is 32.3 Å². The lowest BCUT2D eigenvalue weighted by Gasteiger charge is -2.12. The minimum atomic E-state index is 0. The minimum absolute atomic E-state index is 0. The molecule has 0 bridgehead atoms. The molecule has 3 rings (SSSR count). The van der Waals surface area contributed by atoms with Crippen molar-refractivity contribution in [1.29, 1.82) is 0 Å². The molecule has 2 N–H and O–H groups in total. The molecule has 0 radical (unpaired) electrons. The lowest BCUT2D eigenvalue weighted by atomic mass is 10.2. The van der Waals surface area contributed by atoms with Gasteiger partial charge in [0.15, 0.2) is 11.6 Å². The summed E-state index contributed by atoms with van der Waals surface area (Å²) in [7, 11) is 0. The van der Waals surface area contributed by atoms with Gasteiger partial charge in [0.05, 0.1) is 12.6 Å². The number of hydrogen-bond acceptors (Lipinski definition) is 4. The molecule has 2 aromatic rings. The van der Waals surface area contributed by atoms with Crippen LogP contribution in [-0.4, -0.2) is 52.9 Å². The SMILES string of the molecule is CCNC(=NCC1CCCO1)NCCCc1nnc2ccccn12.I. The zero-order valence-corrected chi connectivity index (χ0v) is 17.0. The summed E-state index contributed by atoms with van der Waals surface area (Å²) >= 11 is 0. The van der Waals surface area contributed by atoms with Gasteiger partial charge in [-0.25, -0.2) is 0 Å². The Morgan fingerprint density at radius 3 is 3.08 bits per heavy atom. The highest BCUT2D eigenvalue weighted by atomic mass is 127. The van der Waals surface area contributed by atoms with Crippen LogP contribution in [-0.2, 0) is 11.2 Å². The smallest absolute Gasteiger partial charge is 0.191 e. The van der Waals surface area contributed by atoms with Gasteiger partial charge in [-0.2, -0.15) is 0 Å². The highest BCUT2D eigenvalue weighted by Crippen LogP contribution is 2.11. The monoisotopic (exact) mass is 458 g/mol. The second kappa shape index (κ2) is 10.5. The fraction of sp³-hybridized carbons (Fsp3) is 0.588. The van der Waals surface area contributed by atoms with E-state index in [1.165, 1.54) is 0 Å². The number of aryl methyl sites for hydroxylation is 1. The Morgan fingerprint density at radius 1 is 1.36 bits per heavy atom. The van der Waals surface area contributed by atoms with E-state index in [1.807, 2.05) is 28.8 Å². The molecule has 0 saturated carbocycles. The molecule has 1 unspecified atom stereocenters. The van der Waals surface area contributed by atoms with Crippen LogP contribution in [0, 0.1) is 0 Å². The minimum Gasteiger partial charge on any atom is -0.376 e. The molecule has 138 valence electrons. The van der Waals surface area contributed by atoms with Gasteiger partial charge in [-0.1, -0.05) is 6.07 Å². The highest BCUT2D eigenvalue weighted by Gasteiger charge is 2.14. The zero-order valence-electron chi connectivity index (χ0n) is 14.6. The van der Waals surface area contributed by atoms with E-state index in [1.54, 1.807) is 0 Å². The standard InChI is InChI=1S/C17H26N6O.HI/c1-2-18-17(20-13-14-7-6-12-24-14)19-10-5-9-16-22-21-15-8-3-4-11-23(15)16;/h3-4,8,11,14H,2,5-7,9-10,12-13H2,1H3,(H2,18,19,20);1H. The third-order valence-electron chi connectivity index (χ3n) is 4.08. The molecule has 1 atom stereocenters. The molecular formula is C17H27IN6O. The second-order valence-corrected chi connectivity index (χ2v) is 5.93. The summed E-state index contributed by atoms with van der Waals surface area (Å²) in [5, 5.41) is 15.1. The molecule has 1 fully saturated rings. The summed E-state index contributed by atoms with van der Waals surface area (Å²) in [6, 6.07) is 5.94. The maximum Gasteiger partial charge on any atom is 0.191 e. The van der Waals surface area contributed by atoms with Gasteiger partial charge in [-0.15, -0.1) is 34.2 Å². The summed E-state index contributed by atoms with van der Waals surface area (Å²) in [5.74, 6) is 1.85. The molecule has 0 spiro atoms. The Labute approximate surface area is 165 Å². The Balaban J connectivity index is 0.00000225. The van der Waals surface area contributed by atoms with Gasteiger partial charge in [0.1, 0.15) is 5.82 Å². The van der Waals surface area contributed by atoms with Crippen LogP contribution in [0.25, 0.3) is 5.65 Å². The summed E-state index contributed by atoms with van der Waals surface area (Å²) in [5.41, 5.74) is 0.895. The van der Waals surface area contributed by atoms with E-state index in [0.29, 0.717) is 0 Å². The van der Waals surface area contributed by atoms with Crippen LogP contribution < -0.4 is 10.6 Å². The molecule has 0 aromatic carbocycles. The van der Waals surface area contributed by atoms with Crippen molar-refractivity contribution in [1.82, 2.24) is 25.2 Å². The van der Waals surface area contributed by atoms with E-state index in [2.05, 4.69) is 32.7 Å². The predicted octanol–water partition coefficient (Wildman–Crippen LogP) is 2.01. The molecule has 1 saturated heterocycles. The van der Waals surface area contributed by atoms with E-state index in [9.17, 15) is 0 Å². The number of hydrogen-bond donors (Lipinski definition) is 2. The van der Waals surface area contributed by atoms with E-state index in [4.69, 9.17) is 4.74 Å². The van der Waals surface area contributed by atoms with E-state index in [-0.39, 0.29) is 30.1 Å². The van der Waals surface area contributed by atoms with Crippen LogP contribution >= 0.6 is 24.0 Å². The number of aliphatic imine (C=N–C) groups is 1. The van der Waals surface area contributed by atoms with Gasteiger partial charge < -0.3 is 15.4 Å². The van der Waals surface area contributed by atoms with Gasteiger partial charge in [-0.05, 0) is 38.3 Å². The lowest BCUT2D eigenvalue weighted by molar-refractivity contribution is 0.117. The number of nitrogens with zero attached hydrogens (tertiary/aromatic N) is 4. The van der Waals surface area contributed by atoms with Crippen LogP contribution in [0.2, 0.25) is 0 Å². The van der Waals surface area contributed by atoms with Gasteiger partial charge in [0.25, 0.3) is 0 Å². The number of ether oxygens (including phenoxy) is 1. The fourth-order valence-corrected chi connectivity index (χ4v) is 2.84.